The SMILES string of the molecule is CC(=O)[C@H](CSSC[C@@H](NC(=O)[C@@H](CO)NC(=O)CN(C)C)C(C)=O)NC(=O)[C@H](CO)NC(=O)CN(C)C. The molecule has 0 aliphatic carbocycles. The smallest absolute Gasteiger partial charge is 0.245 e. The lowest BCUT2D eigenvalue weighted by atomic mass is 10.2. The molecular formula is C22H40N6O8S2. The van der Waals surface area contributed by atoms with Crippen molar-refractivity contribution in [2.45, 2.75) is 38.0 Å². The predicted octanol–water partition coefficient (Wildman–Crippen LogP) is -3.41. The Morgan fingerprint density at radius 1 is 0.605 bits per heavy atom. The fourth-order valence-corrected chi connectivity index (χ4v) is 5.24. The van der Waals surface area contributed by atoms with Crippen molar-refractivity contribution in [3.63, 3.8) is 0 Å². The van der Waals surface area contributed by atoms with E-state index in [1.807, 2.05) is 0 Å². The zero-order valence-electron chi connectivity index (χ0n) is 22.6. The topological polar surface area (TPSA) is 197 Å². The van der Waals surface area contributed by atoms with E-state index in [-0.39, 0.29) is 36.2 Å². The molecule has 4 amide bonds. The Balaban J connectivity index is 4.89. The van der Waals surface area contributed by atoms with Crippen LogP contribution in [0.25, 0.3) is 0 Å². The van der Waals surface area contributed by atoms with Gasteiger partial charge in [0.1, 0.15) is 12.1 Å². The van der Waals surface area contributed by atoms with E-state index in [0.29, 0.717) is 0 Å². The van der Waals surface area contributed by atoms with Crippen molar-refractivity contribution in [1.82, 2.24) is 31.1 Å². The zero-order valence-corrected chi connectivity index (χ0v) is 24.2. The van der Waals surface area contributed by atoms with Crippen LogP contribution in [-0.2, 0) is 28.8 Å². The number of ketones is 2. The summed E-state index contributed by atoms with van der Waals surface area (Å²) in [6.07, 6.45) is 0. The molecule has 218 valence electrons. The molecule has 0 fully saturated rings. The van der Waals surface area contributed by atoms with Gasteiger partial charge >= 0.3 is 0 Å². The van der Waals surface area contributed by atoms with Crippen molar-refractivity contribution in [2.75, 3.05) is 66.0 Å². The van der Waals surface area contributed by atoms with Gasteiger partial charge in [-0.3, -0.25) is 28.8 Å². The number of likely N-dealkylation sites (N-methyl/N-ethyl adjacent to an activating group) is 2. The van der Waals surface area contributed by atoms with Crippen LogP contribution in [0.3, 0.4) is 0 Å². The van der Waals surface area contributed by atoms with Crippen LogP contribution in [0, 0.1) is 0 Å². The van der Waals surface area contributed by atoms with Crippen molar-refractivity contribution < 1.29 is 39.0 Å². The summed E-state index contributed by atoms with van der Waals surface area (Å²) >= 11 is 0. The first kappa shape index (κ1) is 35.8. The van der Waals surface area contributed by atoms with Crippen molar-refractivity contribution in [3.8, 4) is 0 Å². The van der Waals surface area contributed by atoms with Gasteiger partial charge in [-0.25, -0.2) is 0 Å². The van der Waals surface area contributed by atoms with E-state index >= 15 is 0 Å². The molecule has 0 saturated heterocycles. The first-order valence-electron chi connectivity index (χ1n) is 11.7. The summed E-state index contributed by atoms with van der Waals surface area (Å²) in [4.78, 5) is 76.0. The van der Waals surface area contributed by atoms with Crippen LogP contribution in [0.15, 0.2) is 0 Å². The van der Waals surface area contributed by atoms with E-state index in [1.54, 1.807) is 38.0 Å². The third-order valence-electron chi connectivity index (χ3n) is 4.76. The number of carbonyl (C=O) groups is 6. The summed E-state index contributed by atoms with van der Waals surface area (Å²) in [5, 5.41) is 28.8. The maximum absolute atomic E-state index is 12.5. The van der Waals surface area contributed by atoms with E-state index < -0.39 is 61.0 Å². The minimum atomic E-state index is -1.23. The highest BCUT2D eigenvalue weighted by Gasteiger charge is 2.27. The summed E-state index contributed by atoms with van der Waals surface area (Å²) in [6, 6.07) is -4.29. The minimum absolute atomic E-state index is 0.0156. The third-order valence-corrected chi connectivity index (χ3v) is 7.18. The monoisotopic (exact) mass is 580 g/mol. The number of carbonyl (C=O) groups excluding carboxylic acids is 6. The summed E-state index contributed by atoms with van der Waals surface area (Å²) in [7, 11) is 9.04. The molecule has 14 nitrogen and oxygen atoms in total. The molecule has 0 aliphatic heterocycles. The first-order chi connectivity index (χ1) is 17.7. The van der Waals surface area contributed by atoms with Crippen LogP contribution in [-0.4, -0.2) is 145 Å². The lowest BCUT2D eigenvalue weighted by Gasteiger charge is -2.22. The van der Waals surface area contributed by atoms with E-state index in [9.17, 15) is 39.0 Å². The number of hydrogen-bond donors (Lipinski definition) is 6. The highest BCUT2D eigenvalue weighted by Crippen LogP contribution is 2.23. The molecule has 0 spiro atoms. The number of aliphatic hydroxyl groups is 2. The van der Waals surface area contributed by atoms with Crippen LogP contribution in [0.2, 0.25) is 0 Å². The molecule has 0 aromatic heterocycles. The minimum Gasteiger partial charge on any atom is -0.394 e. The van der Waals surface area contributed by atoms with E-state index in [2.05, 4.69) is 21.3 Å². The number of hydrogen-bond acceptors (Lipinski definition) is 12. The van der Waals surface area contributed by atoms with Crippen LogP contribution in [0.4, 0.5) is 0 Å². The summed E-state index contributed by atoms with van der Waals surface area (Å²) in [5.74, 6) is -2.83. The maximum Gasteiger partial charge on any atom is 0.245 e. The van der Waals surface area contributed by atoms with Gasteiger partial charge < -0.3 is 41.3 Å². The van der Waals surface area contributed by atoms with Crippen molar-refractivity contribution in [1.29, 1.82) is 0 Å². The third kappa shape index (κ3) is 15.2. The molecule has 0 radical (unpaired) electrons. The second kappa shape index (κ2) is 18.9. The Hall–Kier alpha value is -2.24. The zero-order chi connectivity index (χ0) is 29.4. The molecule has 0 aromatic carbocycles. The molecule has 0 aromatic rings. The Kier molecular flexibility index (Phi) is 17.8. The molecule has 0 saturated carbocycles. The standard InChI is InChI=1S/C22H40N6O8S2/c1-13(31)17(25-21(35)15(9-29)23-19(33)7-27(3)4)11-37-38-12-18(14(2)32)26-22(36)16(10-30)24-20(34)8-28(5)6/h15-18,29-30H,7-12H2,1-6H3,(H,23,33)(H,24,34)(H,25,35)(H,26,36)/t15-,16+,17-,18+. The predicted molar refractivity (Wildman–Crippen MR) is 145 cm³/mol. The molecular weight excluding hydrogens is 540 g/mol. The van der Waals surface area contributed by atoms with E-state index in [4.69, 9.17) is 0 Å². The number of Topliss-reactive ketones (excluding diaryl/α,β-unsaturated/α-hetero) is 2. The molecule has 0 bridgehead atoms. The van der Waals surface area contributed by atoms with Gasteiger partial charge in [-0.1, -0.05) is 21.6 Å². The average molecular weight is 581 g/mol. The molecule has 38 heavy (non-hydrogen) atoms. The van der Waals surface area contributed by atoms with E-state index in [0.717, 1.165) is 0 Å². The normalized spacial score (nSPS) is 14.3. The number of rotatable bonds is 19. The van der Waals surface area contributed by atoms with Crippen molar-refractivity contribution >= 4 is 56.8 Å². The fourth-order valence-electron chi connectivity index (χ4n) is 2.74. The van der Waals surface area contributed by atoms with Gasteiger partial charge in [0, 0.05) is 11.5 Å². The number of nitrogens with zero attached hydrogens (tertiary/aromatic N) is 2. The number of nitrogens with one attached hydrogen (secondary N) is 4. The summed E-state index contributed by atoms with van der Waals surface area (Å²) in [6.45, 7) is 1.30. The second-order valence-electron chi connectivity index (χ2n) is 8.99. The lowest BCUT2D eigenvalue weighted by molar-refractivity contribution is -0.132. The van der Waals surface area contributed by atoms with Gasteiger partial charge in [0.2, 0.25) is 23.6 Å². The van der Waals surface area contributed by atoms with Crippen molar-refractivity contribution in [3.05, 3.63) is 0 Å². The molecule has 6 N–H and O–H groups in total. The Morgan fingerprint density at radius 3 is 1.16 bits per heavy atom. The first-order valence-corrected chi connectivity index (χ1v) is 14.2. The molecule has 0 heterocycles. The fraction of sp³-hybridized carbons (Fsp3) is 0.727. The Labute approximate surface area is 230 Å². The van der Waals surface area contributed by atoms with Gasteiger partial charge in [0.25, 0.3) is 0 Å². The lowest BCUT2D eigenvalue weighted by Crippen LogP contribution is -2.54. The molecule has 0 aliphatic rings. The van der Waals surface area contributed by atoms with Gasteiger partial charge in [0.05, 0.1) is 38.4 Å². The average Bonchev–Trinajstić information content (AvgIpc) is 2.80. The van der Waals surface area contributed by atoms with Gasteiger partial charge in [-0.2, -0.15) is 0 Å². The second-order valence-corrected chi connectivity index (χ2v) is 11.5. The Morgan fingerprint density at radius 2 is 0.921 bits per heavy atom. The largest absolute Gasteiger partial charge is 0.394 e. The highest BCUT2D eigenvalue weighted by atomic mass is 33.1. The molecule has 0 unspecified atom stereocenters. The van der Waals surface area contributed by atoms with Crippen LogP contribution < -0.4 is 21.3 Å². The van der Waals surface area contributed by atoms with Crippen molar-refractivity contribution in [2.24, 2.45) is 0 Å². The van der Waals surface area contributed by atoms with E-state index in [1.165, 1.54) is 35.4 Å². The summed E-state index contributed by atoms with van der Waals surface area (Å²) in [5.41, 5.74) is 0. The quantitative estimate of drug-likeness (QED) is 0.0655. The number of amides is 4. The highest BCUT2D eigenvalue weighted by molar-refractivity contribution is 8.76. The van der Waals surface area contributed by atoms with Crippen LogP contribution in [0.1, 0.15) is 13.8 Å². The molecule has 0 rings (SSSR count). The number of aliphatic hydroxyl groups excluding tert-OH is 2. The van der Waals surface area contributed by atoms with Crippen LogP contribution >= 0.6 is 21.6 Å². The molecule has 4 atom stereocenters. The van der Waals surface area contributed by atoms with Gasteiger partial charge in [-0.15, -0.1) is 0 Å². The van der Waals surface area contributed by atoms with Gasteiger partial charge in [0.15, 0.2) is 11.6 Å². The van der Waals surface area contributed by atoms with Gasteiger partial charge in [-0.05, 0) is 42.0 Å². The van der Waals surface area contributed by atoms with Crippen LogP contribution in [0.5, 0.6) is 0 Å². The summed E-state index contributed by atoms with van der Waals surface area (Å²) < 4.78 is 0. The Bertz CT molecular complexity index is 764. The maximum atomic E-state index is 12.5. The molecule has 16 heteroatoms.